The molecule has 0 bridgehead atoms. The van der Waals surface area contributed by atoms with Gasteiger partial charge in [-0.3, -0.25) is 4.79 Å². The molecule has 0 unspecified atom stereocenters. The van der Waals surface area contributed by atoms with Crippen molar-refractivity contribution in [1.82, 2.24) is 10.0 Å². The second-order valence-corrected chi connectivity index (χ2v) is 6.47. The number of hydrogen-bond acceptors (Lipinski definition) is 4. The summed E-state index contributed by atoms with van der Waals surface area (Å²) in [7, 11) is -2.09. The van der Waals surface area contributed by atoms with Gasteiger partial charge in [-0.15, -0.1) is 0 Å². The van der Waals surface area contributed by atoms with Crippen molar-refractivity contribution in [3.63, 3.8) is 0 Å². The second-order valence-electron chi connectivity index (χ2n) is 4.70. The molecule has 0 spiro atoms. The number of nitrogens with one attached hydrogen (secondary N) is 2. The van der Waals surface area contributed by atoms with Crippen LogP contribution in [0.15, 0.2) is 29.2 Å². The fraction of sp³-hybridized carbons (Fsp3) is 0.500. The molecule has 2 N–H and O–H groups in total. The number of sulfonamides is 1. The third-order valence-electron chi connectivity index (χ3n) is 3.03. The predicted molar refractivity (Wildman–Crippen MR) is 80.7 cm³/mol. The molecule has 1 aromatic carbocycles. The van der Waals surface area contributed by atoms with E-state index in [-0.39, 0.29) is 29.8 Å². The van der Waals surface area contributed by atoms with Crippen molar-refractivity contribution >= 4 is 15.9 Å². The standard InChI is InChI=1S/C14H22N2O4S/c1-4-11(2)16-14(17)9-10-15-21(18,19)13-7-5-12(20-3)6-8-13/h5-8,11,15H,4,9-10H2,1-3H3,(H,16,17)/t11-/m1/s1. The van der Waals surface area contributed by atoms with E-state index >= 15 is 0 Å². The monoisotopic (exact) mass is 314 g/mol. The van der Waals surface area contributed by atoms with Gasteiger partial charge in [-0.05, 0) is 37.6 Å². The topological polar surface area (TPSA) is 84.5 Å². The average molecular weight is 314 g/mol. The van der Waals surface area contributed by atoms with Crippen molar-refractivity contribution in [2.45, 2.75) is 37.6 Å². The molecule has 7 heteroatoms. The highest BCUT2D eigenvalue weighted by Gasteiger charge is 2.14. The average Bonchev–Trinajstić information content (AvgIpc) is 2.46. The Morgan fingerprint density at radius 3 is 2.43 bits per heavy atom. The first-order chi connectivity index (χ1) is 9.89. The molecule has 21 heavy (non-hydrogen) atoms. The van der Waals surface area contributed by atoms with Crippen molar-refractivity contribution in [2.75, 3.05) is 13.7 Å². The van der Waals surface area contributed by atoms with Gasteiger partial charge < -0.3 is 10.1 Å². The summed E-state index contributed by atoms with van der Waals surface area (Å²) in [5.74, 6) is 0.420. The quantitative estimate of drug-likeness (QED) is 0.757. The molecule has 0 fully saturated rings. The summed E-state index contributed by atoms with van der Waals surface area (Å²) in [6, 6.07) is 6.16. The van der Waals surface area contributed by atoms with Crippen LogP contribution in [0, 0.1) is 0 Å². The van der Waals surface area contributed by atoms with Gasteiger partial charge in [0.2, 0.25) is 15.9 Å². The predicted octanol–water partition coefficient (Wildman–Crippen LogP) is 1.28. The maximum atomic E-state index is 12.0. The molecule has 0 aromatic heterocycles. The highest BCUT2D eigenvalue weighted by atomic mass is 32.2. The molecule has 0 saturated carbocycles. The van der Waals surface area contributed by atoms with Crippen LogP contribution >= 0.6 is 0 Å². The molecule has 0 aliphatic heterocycles. The van der Waals surface area contributed by atoms with Crippen LogP contribution in [-0.2, 0) is 14.8 Å². The lowest BCUT2D eigenvalue weighted by Gasteiger charge is -2.11. The van der Waals surface area contributed by atoms with E-state index in [0.717, 1.165) is 6.42 Å². The highest BCUT2D eigenvalue weighted by molar-refractivity contribution is 7.89. The molecule has 0 saturated heterocycles. The number of carbonyl (C=O) groups excluding carboxylic acids is 1. The van der Waals surface area contributed by atoms with Gasteiger partial charge in [0.1, 0.15) is 5.75 Å². The summed E-state index contributed by atoms with van der Waals surface area (Å²) in [4.78, 5) is 11.7. The number of benzene rings is 1. The van der Waals surface area contributed by atoms with Crippen LogP contribution in [0.2, 0.25) is 0 Å². The highest BCUT2D eigenvalue weighted by Crippen LogP contribution is 2.15. The van der Waals surface area contributed by atoms with Crippen molar-refractivity contribution < 1.29 is 17.9 Å². The van der Waals surface area contributed by atoms with Crippen molar-refractivity contribution in [3.05, 3.63) is 24.3 Å². The fourth-order valence-corrected chi connectivity index (χ4v) is 2.62. The van der Waals surface area contributed by atoms with Crippen molar-refractivity contribution in [1.29, 1.82) is 0 Å². The summed E-state index contributed by atoms with van der Waals surface area (Å²) < 4.78 is 31.4. The van der Waals surface area contributed by atoms with E-state index in [1.54, 1.807) is 12.1 Å². The summed E-state index contributed by atoms with van der Waals surface area (Å²) >= 11 is 0. The number of methoxy groups -OCH3 is 1. The zero-order chi connectivity index (χ0) is 15.9. The van der Waals surface area contributed by atoms with Crippen LogP contribution in [0.1, 0.15) is 26.7 Å². The van der Waals surface area contributed by atoms with Gasteiger partial charge in [0.05, 0.1) is 12.0 Å². The third-order valence-corrected chi connectivity index (χ3v) is 4.51. The van der Waals surface area contributed by atoms with Gasteiger partial charge in [-0.25, -0.2) is 13.1 Å². The van der Waals surface area contributed by atoms with Gasteiger partial charge in [0, 0.05) is 19.0 Å². The summed E-state index contributed by atoms with van der Waals surface area (Å²) in [6.45, 7) is 3.94. The van der Waals surface area contributed by atoms with Crippen LogP contribution in [0.5, 0.6) is 5.75 Å². The molecule has 0 aliphatic carbocycles. The molecule has 6 nitrogen and oxygen atoms in total. The molecule has 1 aromatic rings. The first-order valence-electron chi connectivity index (χ1n) is 6.82. The molecule has 1 amide bonds. The Balaban J connectivity index is 2.51. The zero-order valence-electron chi connectivity index (χ0n) is 12.5. The van der Waals surface area contributed by atoms with E-state index in [2.05, 4.69) is 10.0 Å². The van der Waals surface area contributed by atoms with Gasteiger partial charge in [0.15, 0.2) is 0 Å². The van der Waals surface area contributed by atoms with Crippen LogP contribution < -0.4 is 14.8 Å². The Morgan fingerprint density at radius 2 is 1.90 bits per heavy atom. The minimum atomic E-state index is -3.60. The smallest absolute Gasteiger partial charge is 0.240 e. The minimum absolute atomic E-state index is 0.0661. The van der Waals surface area contributed by atoms with E-state index in [9.17, 15) is 13.2 Å². The lowest BCUT2D eigenvalue weighted by atomic mass is 10.2. The summed E-state index contributed by atoms with van der Waals surface area (Å²) in [5.41, 5.74) is 0. The van der Waals surface area contributed by atoms with Gasteiger partial charge >= 0.3 is 0 Å². The van der Waals surface area contributed by atoms with E-state index < -0.39 is 10.0 Å². The van der Waals surface area contributed by atoms with E-state index in [1.807, 2.05) is 13.8 Å². The van der Waals surface area contributed by atoms with Crippen LogP contribution in [0.4, 0.5) is 0 Å². The van der Waals surface area contributed by atoms with Crippen molar-refractivity contribution in [3.8, 4) is 5.75 Å². The SMILES string of the molecule is CC[C@@H](C)NC(=O)CCNS(=O)(=O)c1ccc(OC)cc1. The summed E-state index contributed by atoms with van der Waals surface area (Å²) in [6.07, 6.45) is 0.947. The Kier molecular flexibility index (Phi) is 6.64. The normalized spacial score (nSPS) is 12.7. The van der Waals surface area contributed by atoms with Crippen LogP contribution in [-0.4, -0.2) is 34.0 Å². The Hall–Kier alpha value is -1.60. The molecule has 0 heterocycles. The Bertz CT molecular complexity index is 555. The maximum Gasteiger partial charge on any atom is 0.240 e. The molecule has 118 valence electrons. The van der Waals surface area contributed by atoms with E-state index in [1.165, 1.54) is 19.2 Å². The van der Waals surface area contributed by atoms with E-state index in [0.29, 0.717) is 5.75 Å². The Morgan fingerprint density at radius 1 is 1.29 bits per heavy atom. The first-order valence-corrected chi connectivity index (χ1v) is 8.30. The number of ether oxygens (including phenoxy) is 1. The van der Waals surface area contributed by atoms with Gasteiger partial charge in [0.25, 0.3) is 0 Å². The number of hydrogen-bond donors (Lipinski definition) is 2. The third kappa shape index (κ3) is 5.73. The lowest BCUT2D eigenvalue weighted by Crippen LogP contribution is -2.35. The molecular weight excluding hydrogens is 292 g/mol. The largest absolute Gasteiger partial charge is 0.497 e. The fourth-order valence-electron chi connectivity index (χ4n) is 1.59. The first kappa shape index (κ1) is 17.5. The number of rotatable bonds is 8. The molecule has 1 rings (SSSR count). The van der Waals surface area contributed by atoms with Gasteiger partial charge in [-0.2, -0.15) is 0 Å². The van der Waals surface area contributed by atoms with Crippen LogP contribution in [0.25, 0.3) is 0 Å². The molecule has 0 aliphatic rings. The summed E-state index contributed by atoms with van der Waals surface area (Å²) in [5, 5.41) is 2.78. The number of carbonyl (C=O) groups is 1. The molecule has 1 atom stereocenters. The Labute approximate surface area is 125 Å². The molecular formula is C14H22N2O4S. The van der Waals surface area contributed by atoms with E-state index in [4.69, 9.17) is 4.74 Å². The van der Waals surface area contributed by atoms with Gasteiger partial charge in [-0.1, -0.05) is 6.92 Å². The minimum Gasteiger partial charge on any atom is -0.497 e. The maximum absolute atomic E-state index is 12.0. The zero-order valence-corrected chi connectivity index (χ0v) is 13.4. The lowest BCUT2D eigenvalue weighted by molar-refractivity contribution is -0.121. The van der Waals surface area contributed by atoms with Crippen LogP contribution in [0.3, 0.4) is 0 Å². The second kappa shape index (κ2) is 7.99. The molecule has 0 radical (unpaired) electrons. The van der Waals surface area contributed by atoms with Crippen molar-refractivity contribution in [2.24, 2.45) is 0 Å². The number of amides is 1.